The predicted octanol–water partition coefficient (Wildman–Crippen LogP) is 5.93. The van der Waals surface area contributed by atoms with Crippen molar-refractivity contribution < 1.29 is 23.4 Å². The average molecular weight is 512 g/mol. The van der Waals surface area contributed by atoms with Gasteiger partial charge in [0.25, 0.3) is 0 Å². The molecule has 0 aliphatic carbocycles. The summed E-state index contributed by atoms with van der Waals surface area (Å²) >= 11 is 1.27. The number of hydrogen-bond acceptors (Lipinski definition) is 8. The Morgan fingerprint density at radius 3 is 2.47 bits per heavy atom. The molecule has 0 radical (unpaired) electrons. The van der Waals surface area contributed by atoms with Crippen LogP contribution in [-0.2, 0) is 19.0 Å². The van der Waals surface area contributed by atoms with Crippen molar-refractivity contribution >= 4 is 17.7 Å². The van der Waals surface area contributed by atoms with E-state index in [1.165, 1.54) is 18.9 Å². The second-order valence-corrected chi connectivity index (χ2v) is 9.08. The number of benzene rings is 1. The van der Waals surface area contributed by atoms with Crippen LogP contribution in [0.25, 0.3) is 11.6 Å². The molecule has 0 aliphatic rings. The van der Waals surface area contributed by atoms with Gasteiger partial charge in [-0.3, -0.25) is 9.36 Å². The molecule has 2 aromatic heterocycles. The summed E-state index contributed by atoms with van der Waals surface area (Å²) in [5.74, 6) is 2.16. The van der Waals surface area contributed by atoms with Crippen molar-refractivity contribution in [1.82, 2.24) is 14.8 Å². The maximum absolute atomic E-state index is 12.8. The highest BCUT2D eigenvalue weighted by Crippen LogP contribution is 2.39. The van der Waals surface area contributed by atoms with Crippen LogP contribution in [-0.4, -0.2) is 47.7 Å². The monoisotopic (exact) mass is 511 g/mol. The predicted molar refractivity (Wildman–Crippen MR) is 140 cm³/mol. The van der Waals surface area contributed by atoms with E-state index in [4.69, 9.17) is 18.6 Å². The second-order valence-electron chi connectivity index (χ2n) is 8.01. The van der Waals surface area contributed by atoms with Crippen LogP contribution in [0.3, 0.4) is 0 Å². The fraction of sp³-hybridized carbons (Fsp3) is 0.370. The smallest absolute Gasteiger partial charge is 0.323 e. The van der Waals surface area contributed by atoms with Crippen molar-refractivity contribution in [3.63, 3.8) is 0 Å². The fourth-order valence-electron chi connectivity index (χ4n) is 3.65. The Bertz CT molecular complexity index is 1190. The topological polar surface area (TPSA) is 88.6 Å². The molecule has 3 rings (SSSR count). The fourth-order valence-corrected chi connectivity index (χ4v) is 4.79. The summed E-state index contributed by atoms with van der Waals surface area (Å²) in [6.45, 7) is 8.43. The molecule has 0 amide bonds. The Kier molecular flexibility index (Phi) is 9.95. The molecule has 36 heavy (non-hydrogen) atoms. The zero-order chi connectivity index (χ0) is 26.1. The number of aryl methyl sites for hydroxylation is 1. The zero-order valence-electron chi connectivity index (χ0n) is 21.5. The van der Waals surface area contributed by atoms with Gasteiger partial charge in [-0.1, -0.05) is 54.2 Å². The van der Waals surface area contributed by atoms with Crippen LogP contribution in [0.4, 0.5) is 0 Å². The van der Waals surface area contributed by atoms with Gasteiger partial charge in [0.15, 0.2) is 10.9 Å². The molecular weight excluding hydrogens is 478 g/mol. The first-order chi connectivity index (χ1) is 17.4. The van der Waals surface area contributed by atoms with E-state index in [1.807, 2.05) is 93.0 Å². The highest BCUT2D eigenvalue weighted by molar-refractivity contribution is 8.00. The number of rotatable bonds is 12. The molecule has 0 saturated carbocycles. The Morgan fingerprint density at radius 1 is 1.11 bits per heavy atom. The number of hydrogen-bond donors (Lipinski definition) is 0. The molecule has 192 valence electrons. The van der Waals surface area contributed by atoms with Crippen molar-refractivity contribution in [2.45, 2.75) is 50.2 Å². The van der Waals surface area contributed by atoms with Crippen LogP contribution < -0.4 is 0 Å². The zero-order valence-corrected chi connectivity index (χ0v) is 22.3. The van der Waals surface area contributed by atoms with Crippen molar-refractivity contribution in [2.24, 2.45) is 0 Å². The summed E-state index contributed by atoms with van der Waals surface area (Å²) in [4.78, 5) is 12.8. The van der Waals surface area contributed by atoms with Gasteiger partial charge >= 0.3 is 5.97 Å². The van der Waals surface area contributed by atoms with Gasteiger partial charge in [0, 0.05) is 6.61 Å². The minimum absolute atomic E-state index is 0.0194. The largest absolute Gasteiger partial charge is 0.499 e. The third kappa shape index (κ3) is 6.67. The first-order valence-electron chi connectivity index (χ1n) is 11.7. The van der Waals surface area contributed by atoms with E-state index in [0.29, 0.717) is 29.1 Å². The molecule has 0 fully saturated rings. The average Bonchev–Trinajstić information content (AvgIpc) is 3.51. The van der Waals surface area contributed by atoms with Crippen LogP contribution in [0, 0.1) is 6.92 Å². The number of methoxy groups -OCH3 is 2. The summed E-state index contributed by atoms with van der Waals surface area (Å²) in [7, 11) is 3.00. The van der Waals surface area contributed by atoms with Crippen LogP contribution >= 0.6 is 11.8 Å². The number of esters is 1. The van der Waals surface area contributed by atoms with Gasteiger partial charge in [-0.2, -0.15) is 0 Å². The van der Waals surface area contributed by atoms with Gasteiger partial charge in [-0.05, 0) is 51.5 Å². The quantitative estimate of drug-likeness (QED) is 0.128. The number of ether oxygens (including phenoxy) is 3. The highest BCUT2D eigenvalue weighted by atomic mass is 32.2. The van der Waals surface area contributed by atoms with Crippen molar-refractivity contribution in [1.29, 1.82) is 0 Å². The number of carbonyl (C=O) groups excluding carboxylic acids is 1. The lowest BCUT2D eigenvalue weighted by atomic mass is 10.1. The maximum atomic E-state index is 12.8. The van der Waals surface area contributed by atoms with Gasteiger partial charge in [0.2, 0.25) is 5.82 Å². The molecule has 0 bridgehead atoms. The van der Waals surface area contributed by atoms with Crippen LogP contribution in [0.1, 0.15) is 43.4 Å². The molecule has 3 aromatic rings. The molecule has 8 nitrogen and oxygen atoms in total. The molecule has 3 unspecified atom stereocenters. The van der Waals surface area contributed by atoms with Crippen molar-refractivity contribution in [3.05, 3.63) is 77.8 Å². The number of nitrogens with zero attached hydrogens (tertiary/aromatic N) is 3. The van der Waals surface area contributed by atoms with Gasteiger partial charge in [-0.15, -0.1) is 10.2 Å². The number of furan rings is 1. The molecule has 9 heteroatoms. The number of carbonyl (C=O) groups is 1. The van der Waals surface area contributed by atoms with E-state index in [1.54, 1.807) is 7.11 Å². The molecule has 0 saturated heterocycles. The normalized spacial score (nSPS) is 14.6. The van der Waals surface area contributed by atoms with E-state index >= 15 is 0 Å². The summed E-state index contributed by atoms with van der Waals surface area (Å²) in [6.07, 6.45) is 5.73. The SMILES string of the molecule is CCOC(C)/C=C\C=C(\OC)C(C)n1c(SC(C(=O)OC)c2ccccc2)nnc1-c1ccc(C)o1. The minimum atomic E-state index is -0.626. The van der Waals surface area contributed by atoms with Crippen molar-refractivity contribution in [3.8, 4) is 11.6 Å². The third-order valence-electron chi connectivity index (χ3n) is 5.47. The van der Waals surface area contributed by atoms with E-state index in [-0.39, 0.29) is 18.1 Å². The summed E-state index contributed by atoms with van der Waals surface area (Å²) in [6, 6.07) is 12.9. The molecule has 2 heterocycles. The molecule has 3 atom stereocenters. The third-order valence-corrected chi connectivity index (χ3v) is 6.66. The molecule has 1 aromatic carbocycles. The summed E-state index contributed by atoms with van der Waals surface area (Å²) < 4.78 is 24.2. The van der Waals surface area contributed by atoms with Crippen LogP contribution in [0.2, 0.25) is 0 Å². The Labute approximate surface area is 216 Å². The number of allylic oxidation sites excluding steroid dienone is 3. The highest BCUT2D eigenvalue weighted by Gasteiger charge is 2.30. The lowest BCUT2D eigenvalue weighted by molar-refractivity contribution is -0.140. The van der Waals surface area contributed by atoms with Crippen LogP contribution in [0.15, 0.2) is 76.0 Å². The lowest BCUT2D eigenvalue weighted by Gasteiger charge is -2.21. The van der Waals surface area contributed by atoms with E-state index in [9.17, 15) is 4.79 Å². The van der Waals surface area contributed by atoms with Gasteiger partial charge in [0.1, 0.15) is 16.8 Å². The van der Waals surface area contributed by atoms with Crippen LogP contribution in [0.5, 0.6) is 0 Å². The van der Waals surface area contributed by atoms with E-state index in [2.05, 4.69) is 10.2 Å². The second kappa shape index (κ2) is 13.1. The molecule has 0 aliphatic heterocycles. The summed E-state index contributed by atoms with van der Waals surface area (Å²) in [5, 5.41) is 8.77. The minimum Gasteiger partial charge on any atom is -0.499 e. The van der Waals surface area contributed by atoms with E-state index in [0.717, 1.165) is 11.3 Å². The number of aromatic nitrogens is 3. The summed E-state index contributed by atoms with van der Waals surface area (Å²) in [5.41, 5.74) is 0.808. The Morgan fingerprint density at radius 2 is 1.86 bits per heavy atom. The maximum Gasteiger partial charge on any atom is 0.323 e. The number of thioether (sulfide) groups is 1. The standard InChI is InChI=1S/C27H33N3O5S/c1-7-34-18(2)12-11-15-22(32-5)20(4)30-25(23-17-16-19(3)35-23)28-29-27(30)36-24(26(31)33-6)21-13-9-8-10-14-21/h8-18,20,24H,7H2,1-6H3/b12-11-,22-15+. The van der Waals surface area contributed by atoms with Gasteiger partial charge in [0.05, 0.1) is 26.4 Å². The first-order valence-corrected chi connectivity index (χ1v) is 12.6. The van der Waals surface area contributed by atoms with Gasteiger partial charge in [-0.25, -0.2) is 0 Å². The van der Waals surface area contributed by atoms with Crippen molar-refractivity contribution in [2.75, 3.05) is 20.8 Å². The Hall–Kier alpha value is -3.30. The lowest BCUT2D eigenvalue weighted by Crippen LogP contribution is -2.15. The van der Waals surface area contributed by atoms with E-state index < -0.39 is 5.25 Å². The molecular formula is C27H33N3O5S. The van der Waals surface area contributed by atoms with Gasteiger partial charge < -0.3 is 18.6 Å². The molecule has 0 N–H and O–H groups in total. The first kappa shape index (κ1) is 27.3. The molecule has 0 spiro atoms. The Balaban J connectivity index is 2.05.